The molecule has 0 spiro atoms. The number of fused-ring (bicyclic) bond motifs is 1. The summed E-state index contributed by atoms with van der Waals surface area (Å²) >= 11 is 0. The minimum Gasteiger partial charge on any atom is -0.392 e. The lowest BCUT2D eigenvalue weighted by molar-refractivity contribution is 0.283. The summed E-state index contributed by atoms with van der Waals surface area (Å²) in [4.78, 5) is 0. The Bertz CT molecular complexity index is 474. The average molecular weight is 204 g/mol. The van der Waals surface area contributed by atoms with Crippen molar-refractivity contribution in [3.63, 3.8) is 0 Å². The fourth-order valence-electron chi connectivity index (χ4n) is 2.05. The van der Waals surface area contributed by atoms with Gasteiger partial charge in [0.2, 0.25) is 0 Å². The molecule has 1 aromatic heterocycles. The van der Waals surface area contributed by atoms with Gasteiger partial charge in [-0.3, -0.25) is 0 Å². The van der Waals surface area contributed by atoms with E-state index in [1.165, 1.54) is 0 Å². The molecular formula is C12H16N2O. The molecule has 0 fully saturated rings. The number of aliphatic hydroxyl groups excluding tert-OH is 1. The number of para-hydroxylation sites is 1. The van der Waals surface area contributed by atoms with Gasteiger partial charge < -0.3 is 15.4 Å². The highest BCUT2D eigenvalue weighted by Gasteiger charge is 2.09. The van der Waals surface area contributed by atoms with Gasteiger partial charge in [-0.1, -0.05) is 18.2 Å². The van der Waals surface area contributed by atoms with Crippen molar-refractivity contribution in [2.75, 3.05) is 0 Å². The van der Waals surface area contributed by atoms with E-state index in [-0.39, 0.29) is 6.61 Å². The normalized spacial score (nSPS) is 11.1. The number of rotatable bonds is 3. The van der Waals surface area contributed by atoms with Gasteiger partial charge in [-0.25, -0.2) is 0 Å². The molecule has 0 aliphatic heterocycles. The van der Waals surface area contributed by atoms with Gasteiger partial charge in [0.25, 0.3) is 0 Å². The Kier molecular flexibility index (Phi) is 2.75. The third-order valence-electron chi connectivity index (χ3n) is 2.80. The number of hydrogen-bond acceptors (Lipinski definition) is 2. The van der Waals surface area contributed by atoms with Crippen molar-refractivity contribution in [2.24, 2.45) is 5.73 Å². The molecule has 2 rings (SSSR count). The Morgan fingerprint density at radius 3 is 2.73 bits per heavy atom. The summed E-state index contributed by atoms with van der Waals surface area (Å²) in [5, 5.41) is 10.4. The number of aromatic nitrogens is 1. The standard InChI is InChI=1S/C12H16N2O/c1-2-14-7-10(8-15)11-5-3-4-9(6-13)12(11)14/h3-5,7,15H,2,6,8,13H2,1H3. The van der Waals surface area contributed by atoms with E-state index in [9.17, 15) is 5.11 Å². The first-order valence-corrected chi connectivity index (χ1v) is 5.22. The Balaban J connectivity index is 2.78. The molecule has 2 aromatic rings. The summed E-state index contributed by atoms with van der Waals surface area (Å²) in [5.41, 5.74) is 8.98. The Morgan fingerprint density at radius 2 is 2.13 bits per heavy atom. The fourth-order valence-corrected chi connectivity index (χ4v) is 2.05. The van der Waals surface area contributed by atoms with Crippen molar-refractivity contribution in [2.45, 2.75) is 26.6 Å². The van der Waals surface area contributed by atoms with Crippen LogP contribution >= 0.6 is 0 Å². The maximum absolute atomic E-state index is 9.26. The number of benzene rings is 1. The maximum atomic E-state index is 9.26. The molecule has 0 radical (unpaired) electrons. The fraction of sp³-hybridized carbons (Fsp3) is 0.333. The lowest BCUT2D eigenvalue weighted by atomic mass is 10.1. The van der Waals surface area contributed by atoms with E-state index in [4.69, 9.17) is 5.73 Å². The van der Waals surface area contributed by atoms with Crippen LogP contribution < -0.4 is 5.73 Å². The van der Waals surface area contributed by atoms with Crippen LogP contribution in [0.25, 0.3) is 10.9 Å². The molecule has 0 aliphatic carbocycles. The third-order valence-corrected chi connectivity index (χ3v) is 2.80. The molecule has 1 heterocycles. The van der Waals surface area contributed by atoms with Crippen LogP contribution in [0.3, 0.4) is 0 Å². The molecule has 0 aliphatic rings. The number of nitrogens with zero attached hydrogens (tertiary/aromatic N) is 1. The van der Waals surface area contributed by atoms with Gasteiger partial charge in [-0.05, 0) is 12.5 Å². The second-order valence-corrected chi connectivity index (χ2v) is 3.62. The molecule has 3 nitrogen and oxygen atoms in total. The van der Waals surface area contributed by atoms with E-state index < -0.39 is 0 Å². The zero-order valence-electron chi connectivity index (χ0n) is 8.90. The van der Waals surface area contributed by atoms with Crippen LogP contribution in [0, 0.1) is 0 Å². The molecule has 0 bridgehead atoms. The number of aryl methyl sites for hydroxylation is 1. The smallest absolute Gasteiger partial charge is 0.0702 e. The molecule has 0 saturated heterocycles. The summed E-state index contributed by atoms with van der Waals surface area (Å²) in [6.07, 6.45) is 2.00. The zero-order valence-corrected chi connectivity index (χ0v) is 8.90. The van der Waals surface area contributed by atoms with E-state index in [1.807, 2.05) is 24.4 Å². The van der Waals surface area contributed by atoms with Crippen LogP contribution in [0.5, 0.6) is 0 Å². The van der Waals surface area contributed by atoms with E-state index >= 15 is 0 Å². The minimum atomic E-state index is 0.0809. The van der Waals surface area contributed by atoms with E-state index in [2.05, 4.69) is 11.5 Å². The predicted octanol–water partition coefficient (Wildman–Crippen LogP) is 1.61. The number of nitrogens with two attached hydrogens (primary N) is 1. The van der Waals surface area contributed by atoms with Gasteiger partial charge in [0.05, 0.1) is 12.1 Å². The quantitative estimate of drug-likeness (QED) is 0.798. The van der Waals surface area contributed by atoms with Crippen LogP contribution in [0.1, 0.15) is 18.1 Å². The largest absolute Gasteiger partial charge is 0.392 e. The first-order valence-electron chi connectivity index (χ1n) is 5.22. The van der Waals surface area contributed by atoms with E-state index in [0.29, 0.717) is 6.54 Å². The summed E-state index contributed by atoms with van der Waals surface area (Å²) in [6.45, 7) is 3.60. The maximum Gasteiger partial charge on any atom is 0.0702 e. The Hall–Kier alpha value is -1.32. The second-order valence-electron chi connectivity index (χ2n) is 3.62. The predicted molar refractivity (Wildman–Crippen MR) is 61.4 cm³/mol. The van der Waals surface area contributed by atoms with Crippen LogP contribution in [0.15, 0.2) is 24.4 Å². The van der Waals surface area contributed by atoms with Crippen LogP contribution in [0.4, 0.5) is 0 Å². The minimum absolute atomic E-state index is 0.0809. The van der Waals surface area contributed by atoms with Crippen molar-refractivity contribution in [3.8, 4) is 0 Å². The highest BCUT2D eigenvalue weighted by Crippen LogP contribution is 2.24. The van der Waals surface area contributed by atoms with Crippen molar-refractivity contribution >= 4 is 10.9 Å². The highest BCUT2D eigenvalue weighted by molar-refractivity contribution is 5.86. The van der Waals surface area contributed by atoms with Crippen molar-refractivity contribution in [1.29, 1.82) is 0 Å². The van der Waals surface area contributed by atoms with E-state index in [1.54, 1.807) is 0 Å². The summed E-state index contributed by atoms with van der Waals surface area (Å²) in [7, 11) is 0. The lowest BCUT2D eigenvalue weighted by Crippen LogP contribution is -2.00. The van der Waals surface area contributed by atoms with Gasteiger partial charge in [0, 0.05) is 30.2 Å². The lowest BCUT2D eigenvalue weighted by Gasteiger charge is -2.05. The van der Waals surface area contributed by atoms with Crippen molar-refractivity contribution in [1.82, 2.24) is 4.57 Å². The molecular weight excluding hydrogens is 188 g/mol. The molecule has 1 aromatic carbocycles. The van der Waals surface area contributed by atoms with Crippen LogP contribution in [-0.2, 0) is 19.7 Å². The first kappa shape index (κ1) is 10.2. The van der Waals surface area contributed by atoms with Gasteiger partial charge in [0.1, 0.15) is 0 Å². The van der Waals surface area contributed by atoms with Crippen molar-refractivity contribution < 1.29 is 5.11 Å². The number of aliphatic hydroxyl groups is 1. The molecule has 0 unspecified atom stereocenters. The molecule has 0 amide bonds. The molecule has 0 atom stereocenters. The summed E-state index contributed by atoms with van der Waals surface area (Å²) < 4.78 is 2.14. The zero-order chi connectivity index (χ0) is 10.8. The SMILES string of the molecule is CCn1cc(CO)c2cccc(CN)c21. The molecule has 0 saturated carbocycles. The molecule has 80 valence electrons. The first-order chi connectivity index (χ1) is 7.31. The molecule has 15 heavy (non-hydrogen) atoms. The van der Waals surface area contributed by atoms with Crippen molar-refractivity contribution in [3.05, 3.63) is 35.5 Å². The summed E-state index contributed by atoms with van der Waals surface area (Å²) in [6, 6.07) is 6.06. The molecule has 3 N–H and O–H groups in total. The summed E-state index contributed by atoms with van der Waals surface area (Å²) in [5.74, 6) is 0. The average Bonchev–Trinajstić information content (AvgIpc) is 2.66. The van der Waals surface area contributed by atoms with Crippen LogP contribution in [-0.4, -0.2) is 9.67 Å². The number of hydrogen-bond donors (Lipinski definition) is 2. The van der Waals surface area contributed by atoms with Gasteiger partial charge in [-0.2, -0.15) is 0 Å². The highest BCUT2D eigenvalue weighted by atomic mass is 16.3. The Morgan fingerprint density at radius 1 is 1.33 bits per heavy atom. The van der Waals surface area contributed by atoms with Crippen LogP contribution in [0.2, 0.25) is 0 Å². The monoisotopic (exact) mass is 204 g/mol. The topological polar surface area (TPSA) is 51.2 Å². The molecule has 3 heteroatoms. The Labute approximate surface area is 89.1 Å². The van der Waals surface area contributed by atoms with E-state index in [0.717, 1.165) is 28.6 Å². The second kappa shape index (κ2) is 4.04. The third kappa shape index (κ3) is 1.54. The van der Waals surface area contributed by atoms with Gasteiger partial charge in [-0.15, -0.1) is 0 Å². The van der Waals surface area contributed by atoms with Gasteiger partial charge >= 0.3 is 0 Å². The van der Waals surface area contributed by atoms with Gasteiger partial charge in [0.15, 0.2) is 0 Å².